The summed E-state index contributed by atoms with van der Waals surface area (Å²) in [5, 5.41) is 8.15. The molecule has 0 unspecified atom stereocenters. The molecule has 32 heavy (non-hydrogen) atoms. The van der Waals surface area contributed by atoms with Crippen molar-refractivity contribution < 1.29 is 18.8 Å². The lowest BCUT2D eigenvalue weighted by Gasteiger charge is -2.12. The Morgan fingerprint density at radius 3 is 2.25 bits per heavy atom. The highest BCUT2D eigenvalue weighted by Crippen LogP contribution is 2.19. The van der Waals surface area contributed by atoms with Gasteiger partial charge >= 0.3 is 0 Å². The van der Waals surface area contributed by atoms with Crippen LogP contribution < -0.4 is 16.0 Å². The monoisotopic (exact) mass is 433 g/mol. The number of carbonyl (C=O) groups excluding carboxylic acids is 3. The molecule has 0 aliphatic heterocycles. The van der Waals surface area contributed by atoms with E-state index in [0.717, 1.165) is 11.1 Å². The van der Waals surface area contributed by atoms with Crippen LogP contribution in [-0.4, -0.2) is 30.8 Å². The molecule has 0 atom stereocenters. The molecular weight excluding hydrogens is 409 g/mol. The molecule has 7 heteroatoms. The van der Waals surface area contributed by atoms with E-state index in [0.29, 0.717) is 17.8 Å². The Balaban J connectivity index is 1.52. The number of anilines is 1. The highest BCUT2D eigenvalue weighted by atomic mass is 19.1. The number of halogens is 1. The number of hydrogen-bond donors (Lipinski definition) is 3. The number of rotatable bonds is 8. The Morgan fingerprint density at radius 1 is 0.812 bits per heavy atom. The third kappa shape index (κ3) is 6.25. The van der Waals surface area contributed by atoms with Crippen LogP contribution in [0.2, 0.25) is 0 Å². The summed E-state index contributed by atoms with van der Waals surface area (Å²) in [6.45, 7) is 2.32. The maximum Gasteiger partial charge on any atom is 0.258 e. The van der Waals surface area contributed by atoms with E-state index in [1.807, 2.05) is 30.3 Å². The van der Waals surface area contributed by atoms with Gasteiger partial charge in [0.25, 0.3) is 11.8 Å². The Labute approximate surface area is 185 Å². The van der Waals surface area contributed by atoms with Crippen molar-refractivity contribution in [2.45, 2.75) is 13.3 Å². The minimum Gasteiger partial charge on any atom is -0.354 e. The Morgan fingerprint density at radius 2 is 1.50 bits per heavy atom. The lowest BCUT2D eigenvalue weighted by Crippen LogP contribution is -2.35. The zero-order valence-electron chi connectivity index (χ0n) is 17.7. The van der Waals surface area contributed by atoms with E-state index in [1.54, 1.807) is 25.1 Å². The molecule has 3 amide bonds. The van der Waals surface area contributed by atoms with Crippen molar-refractivity contribution in [3.8, 4) is 0 Å². The molecule has 0 radical (unpaired) electrons. The Kier molecular flexibility index (Phi) is 7.70. The first kappa shape index (κ1) is 22.7. The van der Waals surface area contributed by atoms with Crippen molar-refractivity contribution >= 4 is 23.4 Å². The molecular formula is C25H24FN3O3. The largest absolute Gasteiger partial charge is 0.354 e. The van der Waals surface area contributed by atoms with Crippen LogP contribution in [0.3, 0.4) is 0 Å². The van der Waals surface area contributed by atoms with Crippen molar-refractivity contribution in [2.75, 3.05) is 18.4 Å². The Bertz CT molecular complexity index is 1120. The lowest BCUT2D eigenvalue weighted by atomic mass is 10.1. The predicted molar refractivity (Wildman–Crippen MR) is 121 cm³/mol. The van der Waals surface area contributed by atoms with Gasteiger partial charge in [-0.25, -0.2) is 4.39 Å². The summed E-state index contributed by atoms with van der Waals surface area (Å²) in [4.78, 5) is 36.8. The molecule has 3 N–H and O–H groups in total. The summed E-state index contributed by atoms with van der Waals surface area (Å²) in [6.07, 6.45) is 0.276. The van der Waals surface area contributed by atoms with E-state index in [1.165, 1.54) is 24.3 Å². The average Bonchev–Trinajstić information content (AvgIpc) is 2.79. The van der Waals surface area contributed by atoms with Crippen LogP contribution in [-0.2, 0) is 11.2 Å². The molecule has 0 aliphatic rings. The number of carbonyl (C=O) groups is 3. The van der Waals surface area contributed by atoms with Crippen LogP contribution in [0.1, 0.15) is 31.8 Å². The fourth-order valence-corrected chi connectivity index (χ4v) is 3.06. The number of aryl methyl sites for hydroxylation is 1. The number of amides is 3. The van der Waals surface area contributed by atoms with Crippen LogP contribution in [0.5, 0.6) is 0 Å². The second-order valence-electron chi connectivity index (χ2n) is 7.23. The van der Waals surface area contributed by atoms with Gasteiger partial charge in [0.15, 0.2) is 0 Å². The van der Waals surface area contributed by atoms with Gasteiger partial charge in [0.1, 0.15) is 5.82 Å². The first-order valence-corrected chi connectivity index (χ1v) is 10.2. The van der Waals surface area contributed by atoms with E-state index in [2.05, 4.69) is 16.0 Å². The van der Waals surface area contributed by atoms with Gasteiger partial charge in [-0.15, -0.1) is 0 Å². The quantitative estimate of drug-likeness (QED) is 0.476. The van der Waals surface area contributed by atoms with Crippen molar-refractivity contribution in [1.29, 1.82) is 0 Å². The second-order valence-corrected chi connectivity index (χ2v) is 7.23. The van der Waals surface area contributed by atoms with Gasteiger partial charge in [0, 0.05) is 24.3 Å². The zero-order valence-corrected chi connectivity index (χ0v) is 17.7. The molecule has 3 aromatic rings. The van der Waals surface area contributed by atoms with Gasteiger partial charge in [-0.3, -0.25) is 14.4 Å². The Hall–Kier alpha value is -4.00. The van der Waals surface area contributed by atoms with Crippen LogP contribution in [0.4, 0.5) is 10.1 Å². The molecule has 0 spiro atoms. The van der Waals surface area contributed by atoms with E-state index in [-0.39, 0.29) is 30.3 Å². The maximum absolute atomic E-state index is 13.8. The average molecular weight is 433 g/mol. The molecule has 0 aliphatic carbocycles. The van der Waals surface area contributed by atoms with Gasteiger partial charge in [0.2, 0.25) is 5.91 Å². The molecule has 0 saturated heterocycles. The van der Waals surface area contributed by atoms with Crippen LogP contribution >= 0.6 is 0 Å². The van der Waals surface area contributed by atoms with E-state index < -0.39 is 11.7 Å². The fraction of sp³-hybridized carbons (Fsp3) is 0.160. The molecule has 6 nitrogen and oxygen atoms in total. The molecule has 0 fully saturated rings. The van der Waals surface area contributed by atoms with Crippen molar-refractivity contribution in [1.82, 2.24) is 10.6 Å². The topological polar surface area (TPSA) is 87.3 Å². The van der Waals surface area contributed by atoms with Crippen LogP contribution in [0, 0.1) is 12.7 Å². The van der Waals surface area contributed by atoms with Crippen molar-refractivity contribution in [3.63, 3.8) is 0 Å². The van der Waals surface area contributed by atoms with E-state index >= 15 is 0 Å². The normalized spacial score (nSPS) is 10.3. The third-order valence-electron chi connectivity index (χ3n) is 4.81. The fourth-order valence-electron chi connectivity index (χ4n) is 3.06. The standard InChI is InChI=1S/C25H24FN3O3/c1-17-11-12-19(16-22(17)29-25(32)20-9-5-6-10-21(20)26)24(31)28-14-13-27-23(30)15-18-7-3-2-4-8-18/h2-12,16H,13-15H2,1H3,(H,27,30)(H,28,31)(H,29,32). The summed E-state index contributed by atoms with van der Waals surface area (Å²) in [7, 11) is 0. The number of hydrogen-bond acceptors (Lipinski definition) is 3. The number of benzene rings is 3. The van der Waals surface area contributed by atoms with Crippen molar-refractivity contribution in [2.24, 2.45) is 0 Å². The predicted octanol–water partition coefficient (Wildman–Crippen LogP) is 3.48. The minimum atomic E-state index is -0.620. The first-order chi connectivity index (χ1) is 15.4. The first-order valence-electron chi connectivity index (χ1n) is 10.2. The molecule has 0 bridgehead atoms. The highest BCUT2D eigenvalue weighted by Gasteiger charge is 2.14. The summed E-state index contributed by atoms with van der Waals surface area (Å²) >= 11 is 0. The van der Waals surface area contributed by atoms with E-state index in [9.17, 15) is 18.8 Å². The number of nitrogens with one attached hydrogen (secondary N) is 3. The van der Waals surface area contributed by atoms with Gasteiger partial charge in [-0.1, -0.05) is 48.5 Å². The molecule has 0 aromatic heterocycles. The van der Waals surface area contributed by atoms with Crippen LogP contribution in [0.25, 0.3) is 0 Å². The lowest BCUT2D eigenvalue weighted by molar-refractivity contribution is -0.120. The SMILES string of the molecule is Cc1ccc(C(=O)NCCNC(=O)Cc2ccccc2)cc1NC(=O)c1ccccc1F. The van der Waals surface area contributed by atoms with Crippen LogP contribution in [0.15, 0.2) is 72.8 Å². The minimum absolute atomic E-state index is 0.0759. The van der Waals surface area contributed by atoms with Gasteiger partial charge in [0.05, 0.1) is 12.0 Å². The van der Waals surface area contributed by atoms with Gasteiger partial charge in [-0.05, 0) is 42.3 Å². The van der Waals surface area contributed by atoms with Gasteiger partial charge < -0.3 is 16.0 Å². The molecule has 0 heterocycles. The van der Waals surface area contributed by atoms with E-state index in [4.69, 9.17) is 0 Å². The zero-order chi connectivity index (χ0) is 22.9. The van der Waals surface area contributed by atoms with Crippen molar-refractivity contribution in [3.05, 3.63) is 101 Å². The smallest absolute Gasteiger partial charge is 0.258 e. The summed E-state index contributed by atoms with van der Waals surface area (Å²) in [5.41, 5.74) is 2.34. The maximum atomic E-state index is 13.8. The third-order valence-corrected chi connectivity index (χ3v) is 4.81. The molecule has 3 rings (SSSR count). The second kappa shape index (κ2) is 10.9. The summed E-state index contributed by atoms with van der Waals surface area (Å²) in [6, 6.07) is 19.9. The highest BCUT2D eigenvalue weighted by molar-refractivity contribution is 6.05. The summed E-state index contributed by atoms with van der Waals surface area (Å²) in [5.74, 6) is -1.68. The van der Waals surface area contributed by atoms with Gasteiger partial charge in [-0.2, -0.15) is 0 Å². The summed E-state index contributed by atoms with van der Waals surface area (Å²) < 4.78 is 13.8. The molecule has 3 aromatic carbocycles. The molecule has 164 valence electrons. The molecule has 0 saturated carbocycles.